The van der Waals surface area contributed by atoms with Gasteiger partial charge in [0.2, 0.25) is 5.88 Å². The van der Waals surface area contributed by atoms with E-state index >= 15 is 0 Å². The van der Waals surface area contributed by atoms with Gasteiger partial charge in [-0.15, -0.1) is 0 Å². The lowest BCUT2D eigenvalue weighted by molar-refractivity contribution is -0.190. The molecule has 1 unspecified atom stereocenters. The van der Waals surface area contributed by atoms with Crippen molar-refractivity contribution in [3.05, 3.63) is 58.1 Å². The van der Waals surface area contributed by atoms with E-state index in [0.29, 0.717) is 26.5 Å². The van der Waals surface area contributed by atoms with Crippen LogP contribution in [0.4, 0.5) is 13.2 Å². The third kappa shape index (κ3) is 5.45. The molecule has 3 rings (SSSR count). The number of ether oxygens (including phenoxy) is 2. The third-order valence-electron chi connectivity index (χ3n) is 4.38. The van der Waals surface area contributed by atoms with Gasteiger partial charge in [0, 0.05) is 21.0 Å². The molecule has 9 heteroatoms. The Kier molecular flexibility index (Phi) is 6.63. The molecule has 2 aromatic carbocycles. The van der Waals surface area contributed by atoms with Crippen LogP contribution in [0.2, 0.25) is 10.0 Å². The fraction of sp³-hybridized carbons (Fsp3) is 0.304. The summed E-state index contributed by atoms with van der Waals surface area (Å²) in [6.45, 7) is 5.78. The summed E-state index contributed by atoms with van der Waals surface area (Å²) >= 11 is 12.3. The molecular formula is C23H20Cl2F3NO3. The first-order chi connectivity index (χ1) is 14.8. The standard InChI is InChI=1S/C23H20Cl2F3NO3/c1-12(23(26,27)28)31-20-19(21(30)32-22(2,3)4)18(13-6-5-7-14(24)10-13)16-11-15(25)8-9-17(16)29-20/h5-12H,1-4H3. The van der Waals surface area contributed by atoms with Gasteiger partial charge in [-0.3, -0.25) is 0 Å². The number of carbonyl (C=O) groups is 1. The van der Waals surface area contributed by atoms with Gasteiger partial charge >= 0.3 is 12.1 Å². The summed E-state index contributed by atoms with van der Waals surface area (Å²) in [5.41, 5.74) is -0.135. The summed E-state index contributed by atoms with van der Waals surface area (Å²) in [6.07, 6.45) is -6.88. The number of alkyl halides is 3. The summed E-state index contributed by atoms with van der Waals surface area (Å²) in [5, 5.41) is 1.17. The summed E-state index contributed by atoms with van der Waals surface area (Å²) in [7, 11) is 0. The first-order valence-corrected chi connectivity index (χ1v) is 10.4. The topological polar surface area (TPSA) is 48.4 Å². The molecule has 3 aromatic rings. The monoisotopic (exact) mass is 485 g/mol. The Balaban J connectivity index is 2.40. The number of carbonyl (C=O) groups excluding carboxylic acids is 1. The van der Waals surface area contributed by atoms with Crippen molar-refractivity contribution in [3.63, 3.8) is 0 Å². The van der Waals surface area contributed by atoms with Crippen molar-refractivity contribution in [2.75, 3.05) is 0 Å². The summed E-state index contributed by atoms with van der Waals surface area (Å²) in [6, 6.07) is 11.2. The number of aromatic nitrogens is 1. The average molecular weight is 486 g/mol. The second kappa shape index (κ2) is 8.79. The van der Waals surface area contributed by atoms with Gasteiger partial charge in [-0.05, 0) is 63.6 Å². The quantitative estimate of drug-likeness (QED) is 0.359. The third-order valence-corrected chi connectivity index (χ3v) is 4.85. The number of hydrogen-bond donors (Lipinski definition) is 0. The van der Waals surface area contributed by atoms with Crippen LogP contribution >= 0.6 is 23.2 Å². The van der Waals surface area contributed by atoms with Crippen molar-refractivity contribution in [2.24, 2.45) is 0 Å². The van der Waals surface area contributed by atoms with Crippen LogP contribution < -0.4 is 4.74 Å². The largest absolute Gasteiger partial charge is 0.464 e. The van der Waals surface area contributed by atoms with Crippen LogP contribution in [0, 0.1) is 0 Å². The minimum atomic E-state index is -4.67. The lowest BCUT2D eigenvalue weighted by Crippen LogP contribution is -2.32. The van der Waals surface area contributed by atoms with Gasteiger partial charge in [0.25, 0.3) is 0 Å². The molecule has 0 saturated heterocycles. The molecule has 4 nitrogen and oxygen atoms in total. The van der Waals surface area contributed by atoms with Crippen LogP contribution in [-0.4, -0.2) is 28.8 Å². The number of pyridine rings is 1. The van der Waals surface area contributed by atoms with E-state index in [1.165, 1.54) is 6.07 Å². The first kappa shape index (κ1) is 24.1. The van der Waals surface area contributed by atoms with Gasteiger partial charge in [0.15, 0.2) is 6.10 Å². The molecule has 32 heavy (non-hydrogen) atoms. The fourth-order valence-electron chi connectivity index (χ4n) is 2.99. The van der Waals surface area contributed by atoms with E-state index in [2.05, 4.69) is 4.98 Å². The molecule has 0 saturated carbocycles. The van der Waals surface area contributed by atoms with Crippen molar-refractivity contribution in [1.82, 2.24) is 4.98 Å². The van der Waals surface area contributed by atoms with E-state index < -0.39 is 29.7 Å². The van der Waals surface area contributed by atoms with E-state index in [9.17, 15) is 18.0 Å². The van der Waals surface area contributed by atoms with Crippen LogP contribution in [0.25, 0.3) is 22.0 Å². The van der Waals surface area contributed by atoms with Gasteiger partial charge in [-0.25, -0.2) is 9.78 Å². The van der Waals surface area contributed by atoms with Gasteiger partial charge < -0.3 is 9.47 Å². The Morgan fingerprint density at radius 1 is 1.03 bits per heavy atom. The van der Waals surface area contributed by atoms with Crippen LogP contribution in [0.15, 0.2) is 42.5 Å². The van der Waals surface area contributed by atoms with E-state index in [0.717, 1.165) is 6.92 Å². The second-order valence-corrected chi connectivity index (χ2v) is 9.02. The maximum Gasteiger partial charge on any atom is 0.425 e. The molecule has 0 spiro atoms. The van der Waals surface area contributed by atoms with E-state index in [4.69, 9.17) is 32.7 Å². The van der Waals surface area contributed by atoms with Crippen molar-refractivity contribution >= 4 is 40.1 Å². The number of hydrogen-bond acceptors (Lipinski definition) is 4. The summed E-state index contributed by atoms with van der Waals surface area (Å²) in [5.74, 6) is -1.37. The molecule has 0 N–H and O–H groups in total. The summed E-state index contributed by atoms with van der Waals surface area (Å²) in [4.78, 5) is 17.4. The molecule has 0 fully saturated rings. The van der Waals surface area contributed by atoms with Crippen LogP contribution in [0.1, 0.15) is 38.1 Å². The normalized spacial score (nSPS) is 13.2. The van der Waals surface area contributed by atoms with Gasteiger partial charge in [0.1, 0.15) is 11.2 Å². The molecule has 1 heterocycles. The van der Waals surface area contributed by atoms with Gasteiger partial charge in [-0.2, -0.15) is 13.2 Å². The Morgan fingerprint density at radius 2 is 1.69 bits per heavy atom. The number of fused-ring (bicyclic) bond motifs is 1. The molecule has 1 atom stereocenters. The minimum Gasteiger partial charge on any atom is -0.464 e. The van der Waals surface area contributed by atoms with E-state index in [-0.39, 0.29) is 11.1 Å². The minimum absolute atomic E-state index is 0.243. The highest BCUT2D eigenvalue weighted by Gasteiger charge is 2.40. The Hall–Kier alpha value is -2.51. The maximum absolute atomic E-state index is 13.3. The predicted molar refractivity (Wildman–Crippen MR) is 119 cm³/mol. The molecule has 0 radical (unpaired) electrons. The molecule has 0 amide bonds. The SMILES string of the molecule is CC(Oc1nc2ccc(Cl)cc2c(-c2cccc(Cl)c2)c1C(=O)OC(C)(C)C)C(F)(F)F. The van der Waals surface area contributed by atoms with Gasteiger partial charge in [0.05, 0.1) is 5.52 Å². The molecule has 0 aliphatic heterocycles. The zero-order valence-electron chi connectivity index (χ0n) is 17.7. The Labute approximate surface area is 193 Å². The molecule has 0 bridgehead atoms. The number of nitrogens with zero attached hydrogens (tertiary/aromatic N) is 1. The smallest absolute Gasteiger partial charge is 0.425 e. The highest BCUT2D eigenvalue weighted by Crippen LogP contribution is 2.40. The van der Waals surface area contributed by atoms with E-state index in [1.807, 2.05) is 0 Å². The molecule has 0 aliphatic carbocycles. The molecular weight excluding hydrogens is 466 g/mol. The lowest BCUT2D eigenvalue weighted by atomic mass is 9.95. The first-order valence-electron chi connectivity index (χ1n) is 9.62. The lowest BCUT2D eigenvalue weighted by Gasteiger charge is -2.24. The van der Waals surface area contributed by atoms with Crippen LogP contribution in [0.5, 0.6) is 5.88 Å². The second-order valence-electron chi connectivity index (χ2n) is 8.14. The van der Waals surface area contributed by atoms with Crippen molar-refractivity contribution in [1.29, 1.82) is 0 Å². The Morgan fingerprint density at radius 3 is 2.28 bits per heavy atom. The number of rotatable bonds is 4. The highest BCUT2D eigenvalue weighted by atomic mass is 35.5. The number of esters is 1. The zero-order valence-corrected chi connectivity index (χ0v) is 19.2. The maximum atomic E-state index is 13.3. The molecule has 0 aliphatic rings. The van der Waals surface area contributed by atoms with Crippen molar-refractivity contribution in [2.45, 2.75) is 45.6 Å². The average Bonchev–Trinajstić information content (AvgIpc) is 2.65. The van der Waals surface area contributed by atoms with Crippen molar-refractivity contribution in [3.8, 4) is 17.0 Å². The predicted octanol–water partition coefficient (Wildman–Crippen LogP) is 7.49. The zero-order chi connectivity index (χ0) is 23.8. The Bertz CT molecular complexity index is 1170. The molecule has 170 valence electrons. The molecule has 1 aromatic heterocycles. The number of benzene rings is 2. The number of halogens is 5. The highest BCUT2D eigenvalue weighted by molar-refractivity contribution is 6.32. The van der Waals surface area contributed by atoms with Crippen LogP contribution in [0.3, 0.4) is 0 Å². The van der Waals surface area contributed by atoms with Gasteiger partial charge in [-0.1, -0.05) is 35.3 Å². The van der Waals surface area contributed by atoms with Crippen LogP contribution in [-0.2, 0) is 4.74 Å². The summed E-state index contributed by atoms with van der Waals surface area (Å²) < 4.78 is 50.5. The van der Waals surface area contributed by atoms with Crippen molar-refractivity contribution < 1.29 is 27.4 Å². The fourth-order valence-corrected chi connectivity index (χ4v) is 3.36. The van der Waals surface area contributed by atoms with E-state index in [1.54, 1.807) is 57.2 Å².